The van der Waals surface area contributed by atoms with Gasteiger partial charge in [-0.3, -0.25) is 4.79 Å². The van der Waals surface area contributed by atoms with Gasteiger partial charge in [0.2, 0.25) is 0 Å². The molecule has 6 unspecified atom stereocenters. The molecular weight excluding hydrogens is 368 g/mol. The highest BCUT2D eigenvalue weighted by atomic mass is 16.6. The van der Waals surface area contributed by atoms with Gasteiger partial charge in [0.25, 0.3) is 0 Å². The summed E-state index contributed by atoms with van der Waals surface area (Å²) in [6, 6.07) is 0. The lowest BCUT2D eigenvalue weighted by Crippen LogP contribution is -2.58. The van der Waals surface area contributed by atoms with Gasteiger partial charge in [-0.15, -0.1) is 0 Å². The van der Waals surface area contributed by atoms with E-state index in [1.165, 1.54) is 5.57 Å². The van der Waals surface area contributed by atoms with E-state index < -0.39 is 5.60 Å². The van der Waals surface area contributed by atoms with Crippen LogP contribution in [0.2, 0.25) is 0 Å². The van der Waals surface area contributed by atoms with Crippen molar-refractivity contribution >= 4 is 11.8 Å². The van der Waals surface area contributed by atoms with Crippen molar-refractivity contribution in [2.45, 2.75) is 77.7 Å². The molecule has 3 saturated carbocycles. The molecule has 4 rings (SSSR count). The van der Waals surface area contributed by atoms with Gasteiger partial charge in [0.15, 0.2) is 11.4 Å². The standard InChI is InChI=1S/C23H34O4.CH4O/c1-5-27-20(25)23(26-4)13-10-19-17-7-6-15-14-16(24)8-11-21(15,2)18(17)9-12-22(19,23)3;1-2/h14,17-19H,5-13H2,1-4H3;2H,1H3. The first-order valence-electron chi connectivity index (χ1n) is 11.2. The van der Waals surface area contributed by atoms with E-state index in [-0.39, 0.29) is 16.8 Å². The zero-order chi connectivity index (χ0) is 21.4. The molecule has 0 aliphatic heterocycles. The summed E-state index contributed by atoms with van der Waals surface area (Å²) in [5, 5.41) is 7.00. The number of hydrogen-bond donors (Lipinski definition) is 1. The number of esters is 1. The van der Waals surface area contributed by atoms with Crippen molar-refractivity contribution in [2.24, 2.45) is 28.6 Å². The second-order valence-electron chi connectivity index (χ2n) is 9.72. The maximum absolute atomic E-state index is 13.0. The number of aliphatic hydroxyl groups is 1. The Morgan fingerprint density at radius 2 is 1.79 bits per heavy atom. The monoisotopic (exact) mass is 406 g/mol. The predicted octanol–water partition coefficient (Wildman–Crippen LogP) is 4.08. The molecule has 0 spiro atoms. The second kappa shape index (κ2) is 8.14. The Labute approximate surface area is 175 Å². The third-order valence-electron chi connectivity index (χ3n) is 9.04. The Hall–Kier alpha value is -1.20. The first-order chi connectivity index (χ1) is 13.8. The fraction of sp³-hybridized carbons (Fsp3) is 0.833. The normalized spacial score (nSPS) is 43.2. The van der Waals surface area contributed by atoms with Gasteiger partial charge in [0.05, 0.1) is 6.61 Å². The van der Waals surface area contributed by atoms with E-state index in [0.29, 0.717) is 36.6 Å². The average molecular weight is 407 g/mol. The van der Waals surface area contributed by atoms with Crippen LogP contribution in [0, 0.1) is 28.6 Å². The fourth-order valence-corrected chi connectivity index (χ4v) is 7.56. The van der Waals surface area contributed by atoms with Gasteiger partial charge in [-0.1, -0.05) is 19.4 Å². The Bertz CT molecular complexity index is 685. The molecule has 0 aromatic carbocycles. The minimum Gasteiger partial charge on any atom is -0.464 e. The minimum absolute atomic E-state index is 0.156. The molecule has 6 atom stereocenters. The van der Waals surface area contributed by atoms with E-state index in [0.717, 1.165) is 52.1 Å². The quantitative estimate of drug-likeness (QED) is 0.715. The number of ether oxygens (including phenoxy) is 2. The molecule has 4 aliphatic rings. The van der Waals surface area contributed by atoms with E-state index in [1.807, 2.05) is 13.0 Å². The first kappa shape index (κ1) is 22.5. The Balaban J connectivity index is 0.00000117. The zero-order valence-electron chi connectivity index (χ0n) is 18.8. The minimum atomic E-state index is -0.793. The number of carbonyl (C=O) groups is 2. The molecule has 5 heteroatoms. The number of methoxy groups -OCH3 is 1. The predicted molar refractivity (Wildman–Crippen MR) is 111 cm³/mol. The highest BCUT2D eigenvalue weighted by Gasteiger charge is 2.68. The highest BCUT2D eigenvalue weighted by molar-refractivity contribution is 5.91. The van der Waals surface area contributed by atoms with Crippen molar-refractivity contribution in [3.63, 3.8) is 0 Å². The summed E-state index contributed by atoms with van der Waals surface area (Å²) in [6.07, 6.45) is 9.75. The summed E-state index contributed by atoms with van der Waals surface area (Å²) < 4.78 is 11.5. The number of fused-ring (bicyclic) bond motifs is 5. The number of ketones is 1. The van der Waals surface area contributed by atoms with Crippen molar-refractivity contribution in [1.82, 2.24) is 0 Å². The molecule has 29 heavy (non-hydrogen) atoms. The highest BCUT2D eigenvalue weighted by Crippen LogP contribution is 2.68. The van der Waals surface area contributed by atoms with Crippen molar-refractivity contribution in [3.8, 4) is 0 Å². The summed E-state index contributed by atoms with van der Waals surface area (Å²) >= 11 is 0. The first-order valence-corrected chi connectivity index (χ1v) is 11.2. The number of allylic oxidation sites excluding steroid dienone is 1. The van der Waals surface area contributed by atoms with E-state index >= 15 is 0 Å². The SMILES string of the molecule is CCOC(=O)C1(OC)CCC2C3CCC4=CC(=O)CCC4(C)C3CCC21C.CO. The maximum Gasteiger partial charge on any atom is 0.338 e. The third-order valence-corrected chi connectivity index (χ3v) is 9.04. The largest absolute Gasteiger partial charge is 0.464 e. The summed E-state index contributed by atoms with van der Waals surface area (Å²) in [6.45, 7) is 6.94. The molecule has 0 amide bonds. The molecule has 0 saturated heterocycles. The molecule has 0 heterocycles. The molecule has 164 valence electrons. The third kappa shape index (κ3) is 3.11. The van der Waals surface area contributed by atoms with Crippen molar-refractivity contribution in [3.05, 3.63) is 11.6 Å². The van der Waals surface area contributed by atoms with E-state index in [4.69, 9.17) is 14.6 Å². The molecule has 0 bridgehead atoms. The smallest absolute Gasteiger partial charge is 0.338 e. The maximum atomic E-state index is 13.0. The van der Waals surface area contributed by atoms with Crippen LogP contribution < -0.4 is 0 Å². The lowest BCUT2D eigenvalue weighted by molar-refractivity contribution is -0.194. The molecule has 0 aromatic heterocycles. The summed E-state index contributed by atoms with van der Waals surface area (Å²) in [4.78, 5) is 24.9. The number of carbonyl (C=O) groups excluding carboxylic acids is 2. The van der Waals surface area contributed by atoms with Crippen LogP contribution in [-0.2, 0) is 19.1 Å². The van der Waals surface area contributed by atoms with E-state index in [2.05, 4.69) is 13.8 Å². The lowest BCUT2D eigenvalue weighted by atomic mass is 9.46. The molecule has 1 N–H and O–H groups in total. The average Bonchev–Trinajstić information content (AvgIpc) is 3.03. The van der Waals surface area contributed by atoms with E-state index in [9.17, 15) is 9.59 Å². The van der Waals surface area contributed by atoms with Gasteiger partial charge in [-0.25, -0.2) is 4.79 Å². The van der Waals surface area contributed by atoms with Gasteiger partial charge in [0, 0.05) is 26.1 Å². The van der Waals surface area contributed by atoms with Crippen LogP contribution >= 0.6 is 0 Å². The summed E-state index contributed by atoms with van der Waals surface area (Å²) in [5.41, 5.74) is 0.612. The molecule has 0 radical (unpaired) electrons. The van der Waals surface area contributed by atoms with Gasteiger partial charge < -0.3 is 14.6 Å². The van der Waals surface area contributed by atoms with Gasteiger partial charge in [0.1, 0.15) is 0 Å². The molecule has 0 aromatic rings. The summed E-state index contributed by atoms with van der Waals surface area (Å²) in [5.74, 6) is 1.88. The Kier molecular flexibility index (Phi) is 6.31. The van der Waals surface area contributed by atoms with Gasteiger partial charge in [-0.2, -0.15) is 0 Å². The van der Waals surface area contributed by atoms with Crippen LogP contribution in [0.15, 0.2) is 11.6 Å². The van der Waals surface area contributed by atoms with Gasteiger partial charge in [-0.05, 0) is 81.1 Å². The number of hydrogen-bond acceptors (Lipinski definition) is 5. The molecule has 3 fully saturated rings. The fourth-order valence-electron chi connectivity index (χ4n) is 7.56. The van der Waals surface area contributed by atoms with Crippen LogP contribution in [0.25, 0.3) is 0 Å². The Morgan fingerprint density at radius 1 is 1.10 bits per heavy atom. The van der Waals surface area contributed by atoms with Crippen LogP contribution in [0.1, 0.15) is 72.1 Å². The zero-order valence-corrected chi connectivity index (χ0v) is 18.8. The van der Waals surface area contributed by atoms with Gasteiger partial charge >= 0.3 is 5.97 Å². The Morgan fingerprint density at radius 3 is 2.45 bits per heavy atom. The van der Waals surface area contributed by atoms with Crippen molar-refractivity contribution < 1.29 is 24.2 Å². The summed E-state index contributed by atoms with van der Waals surface area (Å²) in [7, 11) is 2.69. The van der Waals surface area contributed by atoms with Crippen molar-refractivity contribution in [2.75, 3.05) is 20.8 Å². The van der Waals surface area contributed by atoms with Crippen LogP contribution in [0.4, 0.5) is 0 Å². The van der Waals surface area contributed by atoms with E-state index in [1.54, 1.807) is 7.11 Å². The second-order valence-corrected chi connectivity index (χ2v) is 9.72. The van der Waals surface area contributed by atoms with Crippen molar-refractivity contribution in [1.29, 1.82) is 0 Å². The van der Waals surface area contributed by atoms with Crippen LogP contribution in [0.3, 0.4) is 0 Å². The lowest BCUT2D eigenvalue weighted by Gasteiger charge is -2.59. The topological polar surface area (TPSA) is 72.8 Å². The molecule has 4 aliphatic carbocycles. The van der Waals surface area contributed by atoms with Crippen LogP contribution in [-0.4, -0.2) is 43.3 Å². The number of aliphatic hydroxyl groups excluding tert-OH is 1. The molecule has 5 nitrogen and oxygen atoms in total. The number of rotatable bonds is 3. The molecular formula is C24H38O5. The van der Waals surface area contributed by atoms with Crippen LogP contribution in [0.5, 0.6) is 0 Å².